The van der Waals surface area contributed by atoms with Crippen LogP contribution in [0.25, 0.3) is 0 Å². The lowest BCUT2D eigenvalue weighted by atomic mass is 9.99. The number of fused-ring (bicyclic) bond motifs is 3. The molecule has 5 aromatic carbocycles. The standard InChI is InChI=1S/2C20H21NO3.C12H13NO3/c1-14(15-6-4-3-5-7-15)21-12-18-10-17(20(23)24-2)9-8-16(18)11-19(22)13-21;1-14(15-5-3-2-4-6-15)21-11-18-9-17(20(24)13-22)8-7-16(18)10-19(23)12-21;1-16-12(15)9-3-2-8-5-11(14)7-13-6-10(8)4-9/h3-10,14H,11-13H2,1-2H3;2-9,14,22H,10-13H2,1H3;2-4,13H,5-7H2,1H3. The normalized spacial score (nSPS) is 16.0. The maximum Gasteiger partial charge on any atom is 0.337 e. The van der Waals surface area contributed by atoms with E-state index in [9.17, 15) is 28.8 Å². The van der Waals surface area contributed by atoms with Crippen molar-refractivity contribution in [2.45, 2.75) is 64.8 Å². The molecule has 5 aromatic rings. The molecule has 12 heteroatoms. The molecule has 0 aliphatic carbocycles. The monoisotopic (exact) mass is 865 g/mol. The molecule has 332 valence electrons. The average molecular weight is 866 g/mol. The Morgan fingerprint density at radius 1 is 0.531 bits per heavy atom. The molecule has 0 fully saturated rings. The number of nitrogens with zero attached hydrogens (tertiary/aromatic N) is 2. The fourth-order valence-electron chi connectivity index (χ4n) is 8.19. The number of hydrogen-bond acceptors (Lipinski definition) is 12. The van der Waals surface area contributed by atoms with Gasteiger partial charge in [0.1, 0.15) is 6.61 Å². The Morgan fingerprint density at radius 2 is 0.938 bits per heavy atom. The zero-order chi connectivity index (χ0) is 45.8. The molecule has 2 unspecified atom stereocenters. The highest BCUT2D eigenvalue weighted by Crippen LogP contribution is 2.29. The van der Waals surface area contributed by atoms with E-state index in [4.69, 9.17) is 9.84 Å². The maximum atomic E-state index is 12.3. The van der Waals surface area contributed by atoms with Crippen molar-refractivity contribution in [2.75, 3.05) is 40.5 Å². The van der Waals surface area contributed by atoms with Gasteiger partial charge in [-0.25, -0.2) is 9.59 Å². The number of methoxy groups -OCH3 is 2. The van der Waals surface area contributed by atoms with Gasteiger partial charge in [-0.2, -0.15) is 0 Å². The number of carbonyl (C=O) groups excluding carboxylic acids is 6. The zero-order valence-corrected chi connectivity index (χ0v) is 36.8. The van der Waals surface area contributed by atoms with E-state index in [0.717, 1.165) is 38.9 Å². The second-order valence-corrected chi connectivity index (χ2v) is 16.2. The van der Waals surface area contributed by atoms with Crippen LogP contribution < -0.4 is 5.32 Å². The van der Waals surface area contributed by atoms with Crippen LogP contribution in [-0.4, -0.2) is 90.4 Å². The minimum absolute atomic E-state index is 0.110. The highest BCUT2D eigenvalue weighted by atomic mass is 16.5. The third-order valence-electron chi connectivity index (χ3n) is 11.9. The van der Waals surface area contributed by atoms with Crippen LogP contribution in [0.2, 0.25) is 0 Å². The summed E-state index contributed by atoms with van der Waals surface area (Å²) >= 11 is 0. The lowest BCUT2D eigenvalue weighted by molar-refractivity contribution is -0.120. The molecule has 0 amide bonds. The molecular weight excluding hydrogens is 811 g/mol. The summed E-state index contributed by atoms with van der Waals surface area (Å²) in [5, 5.41) is 12.1. The average Bonchev–Trinajstić information content (AvgIpc) is 3.70. The number of hydrogen-bond donors (Lipinski definition) is 2. The van der Waals surface area contributed by atoms with E-state index in [0.29, 0.717) is 75.2 Å². The second kappa shape index (κ2) is 22.3. The van der Waals surface area contributed by atoms with Crippen molar-refractivity contribution in [1.29, 1.82) is 0 Å². The lowest BCUT2D eigenvalue weighted by Crippen LogP contribution is -2.30. The molecule has 2 N–H and O–H groups in total. The summed E-state index contributed by atoms with van der Waals surface area (Å²) in [6, 6.07) is 36.6. The Balaban J connectivity index is 0.000000163. The number of rotatable bonds is 8. The van der Waals surface area contributed by atoms with Crippen LogP contribution in [0.4, 0.5) is 0 Å². The first-order valence-corrected chi connectivity index (χ1v) is 21.4. The first-order valence-electron chi connectivity index (χ1n) is 21.4. The van der Waals surface area contributed by atoms with Gasteiger partial charge in [-0.1, -0.05) is 84.9 Å². The summed E-state index contributed by atoms with van der Waals surface area (Å²) in [5.74, 6) is -0.449. The number of aliphatic hydroxyl groups is 1. The summed E-state index contributed by atoms with van der Waals surface area (Å²) in [6.45, 7) is 6.78. The predicted octanol–water partition coefficient (Wildman–Crippen LogP) is 6.40. The first kappa shape index (κ1) is 47.0. The summed E-state index contributed by atoms with van der Waals surface area (Å²) < 4.78 is 9.46. The summed E-state index contributed by atoms with van der Waals surface area (Å²) in [6.07, 6.45) is 1.24. The lowest BCUT2D eigenvalue weighted by Gasteiger charge is -2.27. The van der Waals surface area contributed by atoms with Gasteiger partial charge in [0.05, 0.1) is 45.0 Å². The quantitative estimate of drug-likeness (QED) is 0.131. The number of ether oxygens (including phenoxy) is 2. The van der Waals surface area contributed by atoms with Crippen molar-refractivity contribution in [3.05, 3.63) is 176 Å². The van der Waals surface area contributed by atoms with Gasteiger partial charge >= 0.3 is 11.9 Å². The minimum Gasteiger partial charge on any atom is -0.465 e. The number of esters is 2. The highest BCUT2D eigenvalue weighted by Gasteiger charge is 2.27. The number of ketones is 4. The van der Waals surface area contributed by atoms with Gasteiger partial charge in [0, 0.05) is 56.5 Å². The van der Waals surface area contributed by atoms with Gasteiger partial charge in [0.25, 0.3) is 0 Å². The molecule has 0 saturated heterocycles. The van der Waals surface area contributed by atoms with Gasteiger partial charge in [0.15, 0.2) is 23.1 Å². The summed E-state index contributed by atoms with van der Waals surface area (Å²) in [4.78, 5) is 75.2. The molecule has 3 aliphatic rings. The van der Waals surface area contributed by atoms with Crippen LogP contribution in [-0.2, 0) is 62.8 Å². The summed E-state index contributed by atoms with van der Waals surface area (Å²) in [7, 11) is 2.73. The fourth-order valence-corrected chi connectivity index (χ4v) is 8.19. The number of benzene rings is 5. The van der Waals surface area contributed by atoms with E-state index in [1.165, 1.54) is 19.8 Å². The first-order chi connectivity index (χ1) is 30.9. The van der Waals surface area contributed by atoms with E-state index in [1.54, 1.807) is 24.3 Å². The van der Waals surface area contributed by atoms with E-state index in [1.807, 2.05) is 66.7 Å². The van der Waals surface area contributed by atoms with E-state index < -0.39 is 6.61 Å². The molecule has 0 aromatic heterocycles. The van der Waals surface area contributed by atoms with Crippen LogP contribution in [0.15, 0.2) is 115 Å². The van der Waals surface area contributed by atoms with Crippen LogP contribution >= 0.6 is 0 Å². The van der Waals surface area contributed by atoms with Crippen LogP contribution in [0.5, 0.6) is 0 Å². The molecule has 0 bridgehead atoms. The Labute approximate surface area is 374 Å². The number of Topliss-reactive ketones (excluding diaryl/α,β-unsaturated/α-hetero) is 4. The molecule has 3 aliphatic heterocycles. The van der Waals surface area contributed by atoms with Gasteiger partial charge in [0.2, 0.25) is 0 Å². The number of nitrogens with one attached hydrogen (secondary N) is 1. The van der Waals surface area contributed by atoms with Crippen molar-refractivity contribution in [3.63, 3.8) is 0 Å². The molecular formula is C52H55N3O9. The Bertz CT molecular complexity index is 2360. The third kappa shape index (κ3) is 12.2. The van der Waals surface area contributed by atoms with Crippen LogP contribution in [0.3, 0.4) is 0 Å². The van der Waals surface area contributed by atoms with Crippen molar-refractivity contribution in [1.82, 2.24) is 15.1 Å². The van der Waals surface area contributed by atoms with Gasteiger partial charge < -0.3 is 19.9 Å². The molecule has 0 spiro atoms. The fraction of sp³-hybridized carbons (Fsp3) is 0.308. The summed E-state index contributed by atoms with van der Waals surface area (Å²) in [5.41, 5.74) is 9.85. The van der Waals surface area contributed by atoms with Gasteiger partial charge in [-0.3, -0.25) is 29.0 Å². The van der Waals surface area contributed by atoms with Crippen molar-refractivity contribution in [2.24, 2.45) is 0 Å². The molecule has 8 rings (SSSR count). The Kier molecular flexibility index (Phi) is 16.4. The maximum absolute atomic E-state index is 12.3. The molecule has 3 heterocycles. The molecule has 0 radical (unpaired) electrons. The molecule has 0 saturated carbocycles. The third-order valence-corrected chi connectivity index (χ3v) is 11.9. The van der Waals surface area contributed by atoms with Gasteiger partial charge in [-0.15, -0.1) is 0 Å². The smallest absolute Gasteiger partial charge is 0.337 e. The van der Waals surface area contributed by atoms with Gasteiger partial charge in [-0.05, 0) is 88.7 Å². The topological polar surface area (TPSA) is 160 Å². The molecule has 2 atom stereocenters. The van der Waals surface area contributed by atoms with Crippen molar-refractivity contribution in [3.8, 4) is 0 Å². The van der Waals surface area contributed by atoms with Crippen molar-refractivity contribution < 1.29 is 43.3 Å². The van der Waals surface area contributed by atoms with E-state index in [-0.39, 0.29) is 47.2 Å². The zero-order valence-electron chi connectivity index (χ0n) is 36.8. The van der Waals surface area contributed by atoms with Crippen LogP contribution in [0.1, 0.15) is 102 Å². The SMILES string of the molecule is CC(c1ccccc1)N1CC(=O)Cc2ccc(C(=O)CO)cc2C1.COC(=O)c1ccc2c(c1)CN(C(C)c1ccccc1)CC(=O)C2.COC(=O)c1ccc2c(c1)CNCC(=O)C2. The Morgan fingerprint density at radius 3 is 1.39 bits per heavy atom. The van der Waals surface area contributed by atoms with Crippen LogP contribution in [0, 0.1) is 0 Å². The molecule has 64 heavy (non-hydrogen) atoms. The predicted molar refractivity (Wildman–Crippen MR) is 242 cm³/mol. The molecule has 12 nitrogen and oxygen atoms in total. The van der Waals surface area contributed by atoms with E-state index in [2.05, 4.69) is 58.0 Å². The second-order valence-electron chi connectivity index (χ2n) is 16.2. The Hall–Kier alpha value is -6.44. The van der Waals surface area contributed by atoms with Crippen molar-refractivity contribution >= 4 is 35.1 Å². The minimum atomic E-state index is -0.498. The largest absolute Gasteiger partial charge is 0.465 e. The van der Waals surface area contributed by atoms with E-state index >= 15 is 0 Å². The highest BCUT2D eigenvalue weighted by molar-refractivity contribution is 5.97. The number of aliphatic hydroxyl groups excluding tert-OH is 1. The number of carbonyl (C=O) groups is 6.